The van der Waals surface area contributed by atoms with E-state index in [1.54, 1.807) is 27.9 Å². The van der Waals surface area contributed by atoms with E-state index in [1.165, 1.54) is 4.90 Å². The molecule has 0 aromatic heterocycles. The first kappa shape index (κ1) is 21.3. The number of likely N-dealkylation sites (tertiary alicyclic amines) is 1. The number of carbonyl (C=O) groups excluding carboxylic acids is 1. The van der Waals surface area contributed by atoms with E-state index in [2.05, 4.69) is 0 Å². The van der Waals surface area contributed by atoms with Crippen LogP contribution in [0.3, 0.4) is 0 Å². The Morgan fingerprint density at radius 2 is 1.79 bits per heavy atom. The highest BCUT2D eigenvalue weighted by atomic mass is 16.6. The highest BCUT2D eigenvalue weighted by molar-refractivity contribution is 5.76. The van der Waals surface area contributed by atoms with Crippen LogP contribution < -0.4 is 9.47 Å². The van der Waals surface area contributed by atoms with E-state index in [0.717, 1.165) is 31.2 Å². The van der Waals surface area contributed by atoms with Crippen LogP contribution in [-0.2, 0) is 9.53 Å². The van der Waals surface area contributed by atoms with Crippen LogP contribution in [0.2, 0.25) is 0 Å². The van der Waals surface area contributed by atoms with Gasteiger partial charge in [-0.25, -0.2) is 4.79 Å². The number of ether oxygens (including phenoxy) is 3. The first-order chi connectivity index (χ1) is 13.7. The average Bonchev–Trinajstić information content (AvgIpc) is 3.30. The number of hydrogen-bond donors (Lipinski definition) is 1. The number of carboxylic acid groups (broad SMARTS) is 1. The minimum absolute atomic E-state index is 0.125. The Hall–Kier alpha value is -2.44. The third-order valence-corrected chi connectivity index (χ3v) is 5.50. The van der Waals surface area contributed by atoms with Crippen molar-refractivity contribution in [2.24, 2.45) is 5.92 Å². The first-order valence-electron chi connectivity index (χ1n) is 10.2. The molecule has 2 aliphatic rings. The fourth-order valence-corrected chi connectivity index (χ4v) is 4.07. The summed E-state index contributed by atoms with van der Waals surface area (Å²) in [6.07, 6.45) is 4.02. The highest BCUT2D eigenvalue weighted by Gasteiger charge is 2.42. The molecule has 1 aromatic rings. The van der Waals surface area contributed by atoms with Crippen molar-refractivity contribution in [2.45, 2.75) is 64.1 Å². The molecular formula is C22H31NO6. The van der Waals surface area contributed by atoms with Crippen molar-refractivity contribution in [1.82, 2.24) is 4.90 Å². The van der Waals surface area contributed by atoms with E-state index in [1.807, 2.05) is 18.2 Å². The molecule has 1 heterocycles. The van der Waals surface area contributed by atoms with Crippen LogP contribution in [0, 0.1) is 5.92 Å². The summed E-state index contributed by atoms with van der Waals surface area (Å²) >= 11 is 0. The van der Waals surface area contributed by atoms with Crippen molar-refractivity contribution in [3.63, 3.8) is 0 Å². The monoisotopic (exact) mass is 405 g/mol. The van der Waals surface area contributed by atoms with Crippen LogP contribution in [0.1, 0.15) is 57.9 Å². The molecule has 1 N–H and O–H groups in total. The highest BCUT2D eigenvalue weighted by Crippen LogP contribution is 2.39. The fraction of sp³-hybridized carbons (Fsp3) is 0.636. The van der Waals surface area contributed by atoms with Gasteiger partial charge in [0.25, 0.3) is 0 Å². The molecule has 1 saturated carbocycles. The number of benzene rings is 1. The zero-order chi connectivity index (χ0) is 21.2. The SMILES string of the molecule is COc1ccc([C@H]2CN(C(=O)OC(C)(C)C)C[C@@H]2C(=O)O)cc1OC1CCCC1. The molecule has 160 valence electrons. The van der Waals surface area contributed by atoms with Gasteiger partial charge in [-0.3, -0.25) is 4.79 Å². The molecular weight excluding hydrogens is 374 g/mol. The molecule has 2 atom stereocenters. The van der Waals surface area contributed by atoms with Gasteiger partial charge in [-0.1, -0.05) is 6.07 Å². The molecule has 7 nitrogen and oxygen atoms in total. The minimum Gasteiger partial charge on any atom is -0.493 e. The van der Waals surface area contributed by atoms with Crippen LogP contribution in [0.4, 0.5) is 4.79 Å². The van der Waals surface area contributed by atoms with Crippen LogP contribution in [0.25, 0.3) is 0 Å². The number of carbonyl (C=O) groups is 2. The lowest BCUT2D eigenvalue weighted by atomic mass is 9.89. The summed E-state index contributed by atoms with van der Waals surface area (Å²) in [7, 11) is 1.59. The van der Waals surface area contributed by atoms with Gasteiger partial charge in [0, 0.05) is 19.0 Å². The third-order valence-electron chi connectivity index (χ3n) is 5.50. The summed E-state index contributed by atoms with van der Waals surface area (Å²) in [6, 6.07) is 5.55. The van der Waals surface area contributed by atoms with Gasteiger partial charge in [0.05, 0.1) is 19.1 Å². The van der Waals surface area contributed by atoms with Crippen LogP contribution >= 0.6 is 0 Å². The lowest BCUT2D eigenvalue weighted by Gasteiger charge is -2.24. The number of carboxylic acids is 1. The first-order valence-corrected chi connectivity index (χ1v) is 10.2. The molecule has 1 aliphatic carbocycles. The summed E-state index contributed by atoms with van der Waals surface area (Å²) in [5.74, 6) is -0.687. The van der Waals surface area contributed by atoms with E-state index in [0.29, 0.717) is 18.0 Å². The lowest BCUT2D eigenvalue weighted by Crippen LogP contribution is -2.35. The molecule has 7 heteroatoms. The Bertz CT molecular complexity index is 750. The molecule has 0 bridgehead atoms. The van der Waals surface area contributed by atoms with Gasteiger partial charge in [-0.15, -0.1) is 0 Å². The molecule has 1 aliphatic heterocycles. The Morgan fingerprint density at radius 3 is 2.38 bits per heavy atom. The van der Waals surface area contributed by atoms with E-state index < -0.39 is 23.6 Å². The van der Waals surface area contributed by atoms with E-state index in [4.69, 9.17) is 14.2 Å². The number of amides is 1. The molecule has 1 saturated heterocycles. The largest absolute Gasteiger partial charge is 0.493 e. The van der Waals surface area contributed by atoms with Crippen molar-refractivity contribution in [1.29, 1.82) is 0 Å². The topological polar surface area (TPSA) is 85.3 Å². The molecule has 0 unspecified atom stereocenters. The molecule has 1 amide bonds. The molecule has 1 aromatic carbocycles. The lowest BCUT2D eigenvalue weighted by molar-refractivity contribution is -0.141. The second-order valence-electron chi connectivity index (χ2n) is 8.87. The summed E-state index contributed by atoms with van der Waals surface area (Å²) in [5, 5.41) is 9.74. The van der Waals surface area contributed by atoms with Crippen molar-refractivity contribution < 1.29 is 28.9 Å². The van der Waals surface area contributed by atoms with Crippen LogP contribution in [-0.4, -0.2) is 54.0 Å². The van der Waals surface area contributed by atoms with E-state index in [-0.39, 0.29) is 18.6 Å². The number of nitrogens with zero attached hydrogens (tertiary/aromatic N) is 1. The van der Waals surface area contributed by atoms with Gasteiger partial charge in [-0.2, -0.15) is 0 Å². The van der Waals surface area contributed by atoms with Crippen LogP contribution in [0.15, 0.2) is 18.2 Å². The average molecular weight is 405 g/mol. The zero-order valence-corrected chi connectivity index (χ0v) is 17.6. The second-order valence-corrected chi connectivity index (χ2v) is 8.87. The van der Waals surface area contributed by atoms with Gasteiger partial charge < -0.3 is 24.2 Å². The van der Waals surface area contributed by atoms with Gasteiger partial charge in [0.2, 0.25) is 0 Å². The Balaban J connectivity index is 1.83. The Labute approximate surface area is 171 Å². The van der Waals surface area contributed by atoms with Crippen LogP contribution in [0.5, 0.6) is 11.5 Å². The van der Waals surface area contributed by atoms with Crippen molar-refractivity contribution >= 4 is 12.1 Å². The molecule has 0 radical (unpaired) electrons. The van der Waals surface area contributed by atoms with Gasteiger partial charge in [0.1, 0.15) is 5.60 Å². The van der Waals surface area contributed by atoms with Gasteiger partial charge in [0.15, 0.2) is 11.5 Å². The summed E-state index contributed by atoms with van der Waals surface area (Å²) < 4.78 is 17.0. The number of rotatable bonds is 5. The molecule has 0 spiro atoms. The summed E-state index contributed by atoms with van der Waals surface area (Å²) in [4.78, 5) is 25.8. The predicted octanol–water partition coefficient (Wildman–Crippen LogP) is 4.05. The fourth-order valence-electron chi connectivity index (χ4n) is 4.07. The Kier molecular flexibility index (Phi) is 6.24. The maximum absolute atomic E-state index is 12.5. The quantitative estimate of drug-likeness (QED) is 0.795. The maximum Gasteiger partial charge on any atom is 0.410 e. The second kappa shape index (κ2) is 8.51. The minimum atomic E-state index is -0.921. The normalized spacial score (nSPS) is 22.6. The Morgan fingerprint density at radius 1 is 1.10 bits per heavy atom. The molecule has 3 rings (SSSR count). The number of aliphatic carboxylic acids is 1. The maximum atomic E-state index is 12.5. The van der Waals surface area contributed by atoms with E-state index >= 15 is 0 Å². The number of methoxy groups -OCH3 is 1. The van der Waals surface area contributed by atoms with Crippen molar-refractivity contribution in [2.75, 3.05) is 20.2 Å². The molecule has 29 heavy (non-hydrogen) atoms. The van der Waals surface area contributed by atoms with Crippen molar-refractivity contribution in [3.05, 3.63) is 23.8 Å². The predicted molar refractivity (Wildman–Crippen MR) is 108 cm³/mol. The van der Waals surface area contributed by atoms with Gasteiger partial charge >= 0.3 is 12.1 Å². The zero-order valence-electron chi connectivity index (χ0n) is 17.6. The smallest absolute Gasteiger partial charge is 0.410 e. The van der Waals surface area contributed by atoms with E-state index in [9.17, 15) is 14.7 Å². The van der Waals surface area contributed by atoms with Crippen molar-refractivity contribution in [3.8, 4) is 11.5 Å². The third kappa shape index (κ3) is 5.14. The summed E-state index contributed by atoms with van der Waals surface area (Å²) in [5.41, 5.74) is 0.202. The summed E-state index contributed by atoms with van der Waals surface area (Å²) in [6.45, 7) is 5.80. The van der Waals surface area contributed by atoms with Gasteiger partial charge in [-0.05, 0) is 64.2 Å². The standard InChI is InChI=1S/C22H31NO6/c1-22(2,3)29-21(26)23-12-16(17(13-23)20(24)25)14-9-10-18(27-4)19(11-14)28-15-7-5-6-8-15/h9-11,15-17H,5-8,12-13H2,1-4H3,(H,24,25)/t16-,17+/m1/s1. The number of hydrogen-bond acceptors (Lipinski definition) is 5. The molecule has 2 fully saturated rings.